The van der Waals surface area contributed by atoms with Gasteiger partial charge >= 0.3 is 0 Å². The van der Waals surface area contributed by atoms with Crippen LogP contribution in [0.1, 0.15) is 39.3 Å². The van der Waals surface area contributed by atoms with Crippen LogP contribution >= 0.6 is 0 Å². The number of carbonyl (C=O) groups excluding carboxylic acids is 2. The van der Waals surface area contributed by atoms with E-state index < -0.39 is 0 Å². The number of anilines is 1. The second kappa shape index (κ2) is 12.8. The van der Waals surface area contributed by atoms with Crippen molar-refractivity contribution in [2.45, 2.75) is 19.4 Å². The summed E-state index contributed by atoms with van der Waals surface area (Å²) in [6.45, 7) is 7.15. The van der Waals surface area contributed by atoms with Crippen LogP contribution in [0.4, 0.5) is 5.69 Å². The van der Waals surface area contributed by atoms with Crippen LogP contribution in [0.5, 0.6) is 0 Å². The molecule has 0 atom stereocenters. The van der Waals surface area contributed by atoms with Crippen LogP contribution in [-0.4, -0.2) is 65.9 Å². The summed E-state index contributed by atoms with van der Waals surface area (Å²) in [5, 5.41) is 5.78. The lowest BCUT2D eigenvalue weighted by Gasteiger charge is -2.34. The largest absolute Gasteiger partial charge is 0.352 e. The van der Waals surface area contributed by atoms with E-state index in [1.54, 1.807) is 48.7 Å². The highest BCUT2D eigenvalue weighted by Gasteiger charge is 2.16. The lowest BCUT2D eigenvalue weighted by atomic mass is 10.2. The third kappa shape index (κ3) is 7.73. The van der Waals surface area contributed by atoms with Gasteiger partial charge in [-0.05, 0) is 61.3 Å². The number of amides is 2. The van der Waals surface area contributed by atoms with Gasteiger partial charge in [0.15, 0.2) is 0 Å². The molecule has 2 N–H and O–H groups in total. The molecule has 0 spiro atoms. The summed E-state index contributed by atoms with van der Waals surface area (Å²) >= 11 is 0. The highest BCUT2D eigenvalue weighted by molar-refractivity contribution is 6.03. The average Bonchev–Trinajstić information content (AvgIpc) is 2.91. The normalized spacial score (nSPS) is 14.4. The number of nitrogens with one attached hydrogen (secondary N) is 2. The van der Waals surface area contributed by atoms with Gasteiger partial charge in [0.25, 0.3) is 11.8 Å². The van der Waals surface area contributed by atoms with Crippen molar-refractivity contribution in [2.24, 2.45) is 0 Å². The molecule has 1 aromatic heterocycles. The minimum Gasteiger partial charge on any atom is -0.352 e. The van der Waals surface area contributed by atoms with Crippen LogP contribution in [0.15, 0.2) is 79.0 Å². The van der Waals surface area contributed by atoms with Crippen molar-refractivity contribution < 1.29 is 9.59 Å². The summed E-state index contributed by atoms with van der Waals surface area (Å²) in [6, 6.07) is 22.7. The topological polar surface area (TPSA) is 77.6 Å². The molecular formula is C28H33N5O2. The molecule has 0 radical (unpaired) electrons. The van der Waals surface area contributed by atoms with Gasteiger partial charge in [0.1, 0.15) is 5.69 Å². The van der Waals surface area contributed by atoms with Crippen LogP contribution in [0, 0.1) is 0 Å². The van der Waals surface area contributed by atoms with E-state index >= 15 is 0 Å². The van der Waals surface area contributed by atoms with Crippen molar-refractivity contribution >= 4 is 17.5 Å². The zero-order valence-electron chi connectivity index (χ0n) is 20.0. The summed E-state index contributed by atoms with van der Waals surface area (Å²) < 4.78 is 0. The first-order chi connectivity index (χ1) is 17.2. The predicted molar refractivity (Wildman–Crippen MR) is 138 cm³/mol. The Labute approximate surface area is 207 Å². The molecule has 7 nitrogen and oxygen atoms in total. The molecule has 1 aliphatic heterocycles. The average molecular weight is 472 g/mol. The fourth-order valence-electron chi connectivity index (χ4n) is 4.17. The number of hydrogen-bond acceptors (Lipinski definition) is 5. The fraction of sp³-hybridized carbons (Fsp3) is 0.321. The number of aromatic nitrogens is 1. The zero-order valence-corrected chi connectivity index (χ0v) is 20.0. The third-order valence-electron chi connectivity index (χ3n) is 6.20. The van der Waals surface area contributed by atoms with E-state index in [-0.39, 0.29) is 11.8 Å². The SMILES string of the molecule is O=C(NCCCCN1CCN(Cc2ccccc2)CC1)c1ccc(NC(=O)c2ccccn2)cc1. The Balaban J connectivity index is 1.09. The molecule has 2 aromatic carbocycles. The Morgan fingerprint density at radius 3 is 2.20 bits per heavy atom. The maximum atomic E-state index is 12.4. The first-order valence-electron chi connectivity index (χ1n) is 12.3. The predicted octanol–water partition coefficient (Wildman–Crippen LogP) is 3.66. The molecule has 0 bridgehead atoms. The van der Waals surface area contributed by atoms with Gasteiger partial charge in [0.05, 0.1) is 0 Å². The molecule has 2 heterocycles. The second-order valence-electron chi connectivity index (χ2n) is 8.81. The number of unbranched alkanes of at least 4 members (excludes halogenated alkanes) is 1. The molecule has 35 heavy (non-hydrogen) atoms. The molecule has 1 saturated heterocycles. The molecule has 1 fully saturated rings. The van der Waals surface area contributed by atoms with E-state index in [2.05, 4.69) is 55.7 Å². The molecule has 1 aliphatic rings. The lowest BCUT2D eigenvalue weighted by Crippen LogP contribution is -2.46. The zero-order chi connectivity index (χ0) is 24.3. The summed E-state index contributed by atoms with van der Waals surface area (Å²) in [7, 11) is 0. The Morgan fingerprint density at radius 1 is 0.771 bits per heavy atom. The summed E-state index contributed by atoms with van der Waals surface area (Å²) in [4.78, 5) is 33.7. The van der Waals surface area contributed by atoms with Crippen molar-refractivity contribution in [3.05, 3.63) is 95.8 Å². The van der Waals surface area contributed by atoms with Crippen molar-refractivity contribution in [2.75, 3.05) is 44.6 Å². The van der Waals surface area contributed by atoms with Gasteiger partial charge in [-0.1, -0.05) is 36.4 Å². The lowest BCUT2D eigenvalue weighted by molar-refractivity contribution is 0.0950. The number of carbonyl (C=O) groups is 2. The maximum absolute atomic E-state index is 12.4. The summed E-state index contributed by atoms with van der Waals surface area (Å²) in [5.41, 5.74) is 2.93. The third-order valence-corrected chi connectivity index (χ3v) is 6.20. The number of benzene rings is 2. The van der Waals surface area contributed by atoms with Crippen molar-refractivity contribution in [3.8, 4) is 0 Å². The number of pyridine rings is 1. The number of hydrogen-bond donors (Lipinski definition) is 2. The summed E-state index contributed by atoms with van der Waals surface area (Å²) in [6.07, 6.45) is 3.60. The van der Waals surface area contributed by atoms with Gasteiger partial charge in [-0.2, -0.15) is 0 Å². The first-order valence-corrected chi connectivity index (χ1v) is 12.3. The highest BCUT2D eigenvalue weighted by Crippen LogP contribution is 2.12. The molecule has 3 aromatic rings. The van der Waals surface area contributed by atoms with Crippen LogP contribution < -0.4 is 10.6 Å². The second-order valence-corrected chi connectivity index (χ2v) is 8.81. The smallest absolute Gasteiger partial charge is 0.274 e. The molecule has 182 valence electrons. The molecule has 2 amide bonds. The van der Waals surface area contributed by atoms with E-state index in [1.165, 1.54) is 5.56 Å². The van der Waals surface area contributed by atoms with Gasteiger partial charge in [-0.15, -0.1) is 0 Å². The van der Waals surface area contributed by atoms with Crippen molar-refractivity contribution in [3.63, 3.8) is 0 Å². The fourth-order valence-corrected chi connectivity index (χ4v) is 4.17. The standard InChI is InChI=1S/C28H33N5O2/c34-27(24-11-13-25(14-12-24)31-28(35)26-10-4-5-15-29-26)30-16-6-7-17-32-18-20-33(21-19-32)22-23-8-2-1-3-9-23/h1-5,8-15H,6-7,16-22H2,(H,30,34)(H,31,35). The number of rotatable bonds is 10. The van der Waals surface area contributed by atoms with E-state index in [1.807, 2.05) is 0 Å². The van der Waals surface area contributed by atoms with E-state index in [0.717, 1.165) is 52.1 Å². The van der Waals surface area contributed by atoms with Gasteiger partial charge in [0, 0.05) is 56.7 Å². The highest BCUT2D eigenvalue weighted by atomic mass is 16.2. The van der Waals surface area contributed by atoms with Crippen LogP contribution in [0.25, 0.3) is 0 Å². The van der Waals surface area contributed by atoms with Crippen molar-refractivity contribution in [1.29, 1.82) is 0 Å². The molecule has 7 heteroatoms. The number of piperazine rings is 1. The van der Waals surface area contributed by atoms with Crippen LogP contribution in [0.2, 0.25) is 0 Å². The first kappa shape index (κ1) is 24.6. The van der Waals surface area contributed by atoms with E-state index in [9.17, 15) is 9.59 Å². The van der Waals surface area contributed by atoms with E-state index in [4.69, 9.17) is 0 Å². The molecule has 0 saturated carbocycles. The van der Waals surface area contributed by atoms with Crippen LogP contribution in [-0.2, 0) is 6.54 Å². The number of nitrogens with zero attached hydrogens (tertiary/aromatic N) is 3. The Bertz CT molecular complexity index is 1070. The van der Waals surface area contributed by atoms with Gasteiger partial charge in [-0.25, -0.2) is 0 Å². The maximum Gasteiger partial charge on any atom is 0.274 e. The van der Waals surface area contributed by atoms with Gasteiger partial charge in [-0.3, -0.25) is 19.5 Å². The van der Waals surface area contributed by atoms with Gasteiger partial charge in [0.2, 0.25) is 0 Å². The van der Waals surface area contributed by atoms with Crippen LogP contribution in [0.3, 0.4) is 0 Å². The van der Waals surface area contributed by atoms with Crippen molar-refractivity contribution in [1.82, 2.24) is 20.1 Å². The Morgan fingerprint density at radius 2 is 1.49 bits per heavy atom. The minimum atomic E-state index is -0.277. The molecule has 0 aliphatic carbocycles. The molecule has 4 rings (SSSR count). The molecule has 0 unspecified atom stereocenters. The monoisotopic (exact) mass is 471 g/mol. The quantitative estimate of drug-likeness (QED) is 0.441. The summed E-state index contributed by atoms with van der Waals surface area (Å²) in [5.74, 6) is -0.373. The Hall–Kier alpha value is -3.55. The van der Waals surface area contributed by atoms with E-state index in [0.29, 0.717) is 23.5 Å². The minimum absolute atomic E-state index is 0.0953. The molecular weight excluding hydrogens is 438 g/mol. The Kier molecular flexibility index (Phi) is 8.98. The van der Waals surface area contributed by atoms with Gasteiger partial charge < -0.3 is 15.5 Å².